The van der Waals surface area contributed by atoms with Crippen molar-refractivity contribution in [2.24, 2.45) is 10.9 Å². The molecule has 148 valence electrons. The van der Waals surface area contributed by atoms with Crippen LogP contribution in [0.15, 0.2) is 41.5 Å². The minimum Gasteiger partial charge on any atom is -0.356 e. The third-order valence-electron chi connectivity index (χ3n) is 5.22. The third-order valence-corrected chi connectivity index (χ3v) is 5.22. The Bertz CT molecular complexity index is 717. The summed E-state index contributed by atoms with van der Waals surface area (Å²) in [4.78, 5) is 6.85. The Labute approximate surface area is 180 Å². The van der Waals surface area contributed by atoms with Gasteiger partial charge in [0.2, 0.25) is 0 Å². The van der Waals surface area contributed by atoms with E-state index < -0.39 is 0 Å². The molecule has 1 fully saturated rings. The zero-order valence-corrected chi connectivity index (χ0v) is 19.0. The van der Waals surface area contributed by atoms with Crippen LogP contribution in [0.5, 0.6) is 0 Å². The van der Waals surface area contributed by atoms with Crippen LogP contribution in [0.2, 0.25) is 0 Å². The maximum Gasteiger partial charge on any atom is 0.193 e. The molecule has 0 spiro atoms. The molecule has 2 heterocycles. The van der Waals surface area contributed by atoms with Crippen LogP contribution in [0.3, 0.4) is 0 Å². The highest BCUT2D eigenvalue weighted by Crippen LogP contribution is 2.16. The fourth-order valence-electron chi connectivity index (χ4n) is 3.49. The van der Waals surface area contributed by atoms with Crippen molar-refractivity contribution in [2.45, 2.75) is 39.5 Å². The summed E-state index contributed by atoms with van der Waals surface area (Å²) in [6, 6.07) is 10.3. The van der Waals surface area contributed by atoms with Crippen molar-refractivity contribution in [3.8, 4) is 5.69 Å². The first-order valence-corrected chi connectivity index (χ1v) is 9.73. The maximum atomic E-state index is 4.66. The van der Waals surface area contributed by atoms with Gasteiger partial charge in [-0.15, -0.1) is 24.0 Å². The fraction of sp³-hybridized carbons (Fsp3) is 0.524. The van der Waals surface area contributed by atoms with E-state index in [1.54, 1.807) is 0 Å². The molecule has 0 bridgehead atoms. The normalized spacial score (nSPS) is 15.5. The molecule has 1 aliphatic heterocycles. The molecule has 0 amide bonds. The van der Waals surface area contributed by atoms with Gasteiger partial charge in [0, 0.05) is 32.9 Å². The van der Waals surface area contributed by atoms with Gasteiger partial charge >= 0.3 is 0 Å². The first kappa shape index (κ1) is 21.7. The van der Waals surface area contributed by atoms with Gasteiger partial charge in [0.25, 0.3) is 0 Å². The lowest BCUT2D eigenvalue weighted by molar-refractivity contribution is 0.273. The second kappa shape index (κ2) is 10.7. The molecule has 1 saturated heterocycles. The number of aliphatic imine (C=N–C) groups is 1. The topological polar surface area (TPSA) is 45.5 Å². The van der Waals surface area contributed by atoms with Crippen LogP contribution in [-0.2, 0) is 6.42 Å². The van der Waals surface area contributed by atoms with E-state index in [2.05, 4.69) is 52.5 Å². The number of aromatic nitrogens is 2. The van der Waals surface area contributed by atoms with Crippen LogP contribution >= 0.6 is 24.0 Å². The lowest BCUT2D eigenvalue weighted by atomic mass is 10.00. The molecule has 2 aromatic rings. The number of nitrogens with one attached hydrogen (secondary N) is 1. The number of halogens is 1. The molecule has 6 heteroatoms. The van der Waals surface area contributed by atoms with Gasteiger partial charge in [0.15, 0.2) is 5.96 Å². The maximum absolute atomic E-state index is 4.66. The zero-order valence-electron chi connectivity index (χ0n) is 16.7. The van der Waals surface area contributed by atoms with Crippen molar-refractivity contribution in [3.63, 3.8) is 0 Å². The van der Waals surface area contributed by atoms with Crippen LogP contribution in [0, 0.1) is 12.8 Å². The lowest BCUT2D eigenvalue weighted by Crippen LogP contribution is -2.45. The van der Waals surface area contributed by atoms with Crippen molar-refractivity contribution in [2.75, 3.05) is 26.7 Å². The average Bonchev–Trinajstić information content (AvgIpc) is 3.04. The van der Waals surface area contributed by atoms with Crippen LogP contribution in [0.1, 0.15) is 37.4 Å². The van der Waals surface area contributed by atoms with Gasteiger partial charge in [-0.1, -0.05) is 25.1 Å². The molecular weight excluding hydrogens is 449 g/mol. The standard InChI is InChI=1S/C21H31N5.HI/c1-17-11-14-25(15-12-17)21(22-3)23-13-7-8-19-16-26(24-18(19)2)20-9-5-4-6-10-20;/h4-6,9-10,16-17H,7-8,11-15H2,1-3H3,(H,22,23);1H. The van der Waals surface area contributed by atoms with E-state index >= 15 is 0 Å². The molecule has 3 rings (SSSR count). The molecule has 1 aromatic carbocycles. The summed E-state index contributed by atoms with van der Waals surface area (Å²) in [7, 11) is 1.88. The molecule has 1 aromatic heterocycles. The number of aryl methyl sites for hydroxylation is 2. The monoisotopic (exact) mass is 481 g/mol. The molecule has 0 saturated carbocycles. The van der Waals surface area contributed by atoms with E-state index in [1.165, 1.54) is 18.4 Å². The third kappa shape index (κ3) is 5.96. The van der Waals surface area contributed by atoms with Crippen LogP contribution in [-0.4, -0.2) is 47.3 Å². The quantitative estimate of drug-likeness (QED) is 0.304. The lowest BCUT2D eigenvalue weighted by Gasteiger charge is -2.32. The molecule has 1 aliphatic rings. The second-order valence-electron chi connectivity index (χ2n) is 7.27. The fourth-order valence-corrected chi connectivity index (χ4v) is 3.49. The summed E-state index contributed by atoms with van der Waals surface area (Å²) in [5.41, 5.74) is 3.54. The van der Waals surface area contributed by atoms with E-state index in [1.807, 2.05) is 29.9 Å². The number of benzene rings is 1. The molecule has 1 N–H and O–H groups in total. The predicted molar refractivity (Wildman–Crippen MR) is 123 cm³/mol. The van der Waals surface area contributed by atoms with Crippen molar-refractivity contribution < 1.29 is 0 Å². The predicted octanol–water partition coefficient (Wildman–Crippen LogP) is 4.04. The van der Waals surface area contributed by atoms with Gasteiger partial charge in [0.05, 0.1) is 11.4 Å². The number of hydrogen-bond acceptors (Lipinski definition) is 2. The highest BCUT2D eigenvalue weighted by Gasteiger charge is 2.18. The van der Waals surface area contributed by atoms with Crippen molar-refractivity contribution in [1.82, 2.24) is 20.0 Å². The molecule has 5 nitrogen and oxygen atoms in total. The number of hydrogen-bond donors (Lipinski definition) is 1. The number of piperidine rings is 1. The van der Waals surface area contributed by atoms with Crippen LogP contribution in [0.25, 0.3) is 5.69 Å². The minimum atomic E-state index is 0. The summed E-state index contributed by atoms with van der Waals surface area (Å²) in [5.74, 6) is 1.89. The molecule has 27 heavy (non-hydrogen) atoms. The van der Waals surface area contributed by atoms with Crippen LogP contribution < -0.4 is 5.32 Å². The van der Waals surface area contributed by atoms with Crippen LogP contribution in [0.4, 0.5) is 0 Å². The molecule has 0 unspecified atom stereocenters. The summed E-state index contributed by atoms with van der Waals surface area (Å²) < 4.78 is 1.98. The summed E-state index contributed by atoms with van der Waals surface area (Å²) in [5, 5.41) is 8.19. The highest BCUT2D eigenvalue weighted by molar-refractivity contribution is 14.0. The van der Waals surface area contributed by atoms with Gasteiger partial charge in [-0.3, -0.25) is 4.99 Å². The number of nitrogens with zero attached hydrogens (tertiary/aromatic N) is 4. The van der Waals surface area contributed by atoms with E-state index in [-0.39, 0.29) is 24.0 Å². The van der Waals surface area contributed by atoms with E-state index in [9.17, 15) is 0 Å². The van der Waals surface area contributed by atoms with E-state index in [0.29, 0.717) is 0 Å². The molecular formula is C21H32IN5. The second-order valence-corrected chi connectivity index (χ2v) is 7.27. The van der Waals surface area contributed by atoms with Gasteiger partial charge in [0.1, 0.15) is 0 Å². The number of guanidine groups is 1. The SMILES string of the molecule is CN=C(NCCCc1cn(-c2ccccc2)nc1C)N1CCC(C)CC1.I. The smallest absolute Gasteiger partial charge is 0.193 e. The molecule has 0 aliphatic carbocycles. The minimum absolute atomic E-state index is 0. The molecule has 0 radical (unpaired) electrons. The Hall–Kier alpha value is -1.57. The van der Waals surface area contributed by atoms with Crippen molar-refractivity contribution >= 4 is 29.9 Å². The Morgan fingerprint density at radius 3 is 2.59 bits per heavy atom. The number of likely N-dealkylation sites (tertiary alicyclic amines) is 1. The summed E-state index contributed by atoms with van der Waals surface area (Å²) >= 11 is 0. The summed E-state index contributed by atoms with van der Waals surface area (Å²) in [6.45, 7) is 7.60. The molecule has 0 atom stereocenters. The largest absolute Gasteiger partial charge is 0.356 e. The Morgan fingerprint density at radius 1 is 1.22 bits per heavy atom. The first-order valence-electron chi connectivity index (χ1n) is 9.73. The van der Waals surface area contributed by atoms with E-state index in [0.717, 1.165) is 55.7 Å². The van der Waals surface area contributed by atoms with Gasteiger partial charge in [-0.2, -0.15) is 5.10 Å². The highest BCUT2D eigenvalue weighted by atomic mass is 127. The van der Waals surface area contributed by atoms with Crippen molar-refractivity contribution in [1.29, 1.82) is 0 Å². The van der Waals surface area contributed by atoms with E-state index in [4.69, 9.17) is 0 Å². The zero-order chi connectivity index (χ0) is 18.4. The average molecular weight is 481 g/mol. The Kier molecular flexibility index (Phi) is 8.60. The van der Waals surface area contributed by atoms with Gasteiger partial charge < -0.3 is 10.2 Å². The Morgan fingerprint density at radius 2 is 1.93 bits per heavy atom. The van der Waals surface area contributed by atoms with Gasteiger partial charge in [-0.05, 0) is 56.2 Å². The number of rotatable bonds is 5. The summed E-state index contributed by atoms with van der Waals surface area (Å²) in [6.07, 6.45) is 6.78. The van der Waals surface area contributed by atoms with Crippen molar-refractivity contribution in [3.05, 3.63) is 47.8 Å². The first-order chi connectivity index (χ1) is 12.7. The van der Waals surface area contributed by atoms with Gasteiger partial charge in [-0.25, -0.2) is 4.68 Å². The Balaban J connectivity index is 0.00000261. The number of para-hydroxylation sites is 1.